The third-order valence-corrected chi connectivity index (χ3v) is 2.23. The molecule has 1 aliphatic heterocycles. The van der Waals surface area contributed by atoms with Gasteiger partial charge in [-0.05, 0) is 34.9 Å². The molecular formula is C11H22N2O3. The maximum atomic E-state index is 11.6. The zero-order chi connectivity index (χ0) is 12.6. The molecule has 0 unspecified atom stereocenters. The molecule has 0 spiro atoms. The van der Waals surface area contributed by atoms with Crippen molar-refractivity contribution in [1.29, 1.82) is 0 Å². The third kappa shape index (κ3) is 3.64. The summed E-state index contributed by atoms with van der Waals surface area (Å²) >= 11 is 0. The summed E-state index contributed by atoms with van der Waals surface area (Å²) in [6.07, 6.45) is -0.351. The lowest BCUT2D eigenvalue weighted by atomic mass is 9.94. The van der Waals surface area contributed by atoms with E-state index >= 15 is 0 Å². The van der Waals surface area contributed by atoms with Crippen LogP contribution >= 0.6 is 0 Å². The van der Waals surface area contributed by atoms with Crippen molar-refractivity contribution in [3.8, 4) is 0 Å². The topological polar surface area (TPSA) is 53.0 Å². The van der Waals surface area contributed by atoms with Crippen LogP contribution in [0.15, 0.2) is 0 Å². The number of likely N-dealkylation sites (tertiary alicyclic amines) is 1. The molecule has 0 aromatic heterocycles. The summed E-state index contributed by atoms with van der Waals surface area (Å²) in [6, 6.07) is 0. The van der Waals surface area contributed by atoms with Gasteiger partial charge in [0, 0.05) is 6.54 Å². The monoisotopic (exact) mass is 230 g/mol. The van der Waals surface area contributed by atoms with Crippen molar-refractivity contribution in [2.24, 2.45) is 0 Å². The second-order valence-corrected chi connectivity index (χ2v) is 5.80. The van der Waals surface area contributed by atoms with E-state index in [2.05, 4.69) is 0 Å². The molecule has 5 nitrogen and oxygen atoms in total. The lowest BCUT2D eigenvalue weighted by Crippen LogP contribution is -2.67. The van der Waals surface area contributed by atoms with Crippen molar-refractivity contribution in [2.45, 2.75) is 32.0 Å². The van der Waals surface area contributed by atoms with Crippen molar-refractivity contribution < 1.29 is 14.6 Å². The summed E-state index contributed by atoms with van der Waals surface area (Å²) in [6.45, 7) is 6.75. The molecule has 94 valence electrons. The number of β-amino-alcohol motifs (C(OH)–C–C–N with tert-alkyl or cyclic N) is 1. The predicted octanol–water partition coefficient (Wildman–Crippen LogP) is 0.530. The summed E-state index contributed by atoms with van der Waals surface area (Å²) in [5.74, 6) is 0. The number of hydrogen-bond donors (Lipinski definition) is 1. The molecule has 0 aromatic rings. The minimum absolute atomic E-state index is 0.347. The predicted molar refractivity (Wildman–Crippen MR) is 61.3 cm³/mol. The van der Waals surface area contributed by atoms with E-state index in [1.165, 1.54) is 4.90 Å². The quantitative estimate of drug-likeness (QED) is 0.752. The first kappa shape index (κ1) is 13.3. The Balaban J connectivity index is 2.38. The minimum atomic E-state index is -0.777. The van der Waals surface area contributed by atoms with Crippen molar-refractivity contribution in [2.75, 3.05) is 33.7 Å². The maximum Gasteiger partial charge on any atom is 0.410 e. The number of ether oxygens (including phenoxy) is 1. The third-order valence-electron chi connectivity index (χ3n) is 2.23. The van der Waals surface area contributed by atoms with E-state index in [4.69, 9.17) is 4.74 Å². The Bertz CT molecular complexity index is 265. The molecule has 0 bridgehead atoms. The Morgan fingerprint density at radius 2 is 1.94 bits per heavy atom. The summed E-state index contributed by atoms with van der Waals surface area (Å²) in [7, 11) is 3.79. The highest BCUT2D eigenvalue weighted by Crippen LogP contribution is 2.23. The second-order valence-electron chi connectivity index (χ2n) is 5.80. The van der Waals surface area contributed by atoms with Crippen molar-refractivity contribution in [3.63, 3.8) is 0 Å². The highest BCUT2D eigenvalue weighted by molar-refractivity contribution is 5.69. The van der Waals surface area contributed by atoms with E-state index in [-0.39, 0.29) is 6.09 Å². The van der Waals surface area contributed by atoms with Crippen molar-refractivity contribution in [3.05, 3.63) is 0 Å². The van der Waals surface area contributed by atoms with E-state index < -0.39 is 11.2 Å². The Labute approximate surface area is 97.0 Å². The van der Waals surface area contributed by atoms with Gasteiger partial charge in [-0.15, -0.1) is 0 Å². The molecule has 0 saturated carbocycles. The zero-order valence-electron chi connectivity index (χ0n) is 10.8. The Hall–Kier alpha value is -0.810. The van der Waals surface area contributed by atoms with Crippen molar-refractivity contribution >= 4 is 6.09 Å². The average Bonchev–Trinajstić information content (AvgIpc) is 1.94. The standard InChI is InChI=1S/C11H22N2O3/c1-10(2,3)16-9(14)13-7-11(15,8-13)6-12(4)5/h15H,6-8H2,1-5H3. The van der Waals surface area contributed by atoms with Crippen LogP contribution in [0.1, 0.15) is 20.8 Å². The number of hydrogen-bond acceptors (Lipinski definition) is 4. The molecule has 1 rings (SSSR count). The first-order valence-corrected chi connectivity index (χ1v) is 5.46. The molecule has 0 radical (unpaired) electrons. The molecule has 0 aromatic carbocycles. The smallest absolute Gasteiger partial charge is 0.410 e. The number of nitrogens with zero attached hydrogens (tertiary/aromatic N) is 2. The largest absolute Gasteiger partial charge is 0.444 e. The van der Waals surface area contributed by atoms with Crippen LogP contribution in [0.4, 0.5) is 4.79 Å². The molecule has 1 heterocycles. The van der Waals surface area contributed by atoms with Crippen molar-refractivity contribution in [1.82, 2.24) is 9.80 Å². The van der Waals surface area contributed by atoms with E-state index in [0.29, 0.717) is 19.6 Å². The molecule has 1 saturated heterocycles. The number of likely N-dealkylation sites (N-methyl/N-ethyl adjacent to an activating group) is 1. The van der Waals surface area contributed by atoms with Crippen LogP contribution < -0.4 is 0 Å². The Kier molecular flexibility index (Phi) is 3.50. The SMILES string of the molecule is CN(C)CC1(O)CN(C(=O)OC(C)(C)C)C1. The van der Waals surface area contributed by atoms with Gasteiger partial charge in [-0.25, -0.2) is 4.79 Å². The second kappa shape index (κ2) is 4.22. The Morgan fingerprint density at radius 3 is 2.31 bits per heavy atom. The summed E-state index contributed by atoms with van der Waals surface area (Å²) in [4.78, 5) is 15.0. The molecule has 1 amide bonds. The van der Waals surface area contributed by atoms with E-state index in [9.17, 15) is 9.90 Å². The first-order valence-electron chi connectivity index (χ1n) is 5.46. The number of rotatable bonds is 2. The average molecular weight is 230 g/mol. The van der Waals surface area contributed by atoms with Gasteiger partial charge in [-0.2, -0.15) is 0 Å². The van der Waals surface area contributed by atoms with E-state index in [1.54, 1.807) is 0 Å². The van der Waals surface area contributed by atoms with Crippen LogP contribution in [0.2, 0.25) is 0 Å². The van der Waals surface area contributed by atoms with Crippen LogP contribution in [-0.4, -0.2) is 65.9 Å². The molecule has 0 atom stereocenters. The molecule has 0 aliphatic carbocycles. The van der Waals surface area contributed by atoms with Gasteiger partial charge in [-0.1, -0.05) is 0 Å². The molecule has 1 aliphatic rings. The lowest BCUT2D eigenvalue weighted by Gasteiger charge is -2.47. The molecule has 5 heteroatoms. The number of carbonyl (C=O) groups excluding carboxylic acids is 1. The molecular weight excluding hydrogens is 208 g/mol. The van der Waals surface area contributed by atoms with E-state index in [0.717, 1.165) is 0 Å². The molecule has 16 heavy (non-hydrogen) atoms. The van der Waals surface area contributed by atoms with Crippen LogP contribution in [0.5, 0.6) is 0 Å². The summed E-state index contributed by atoms with van der Waals surface area (Å²) in [5, 5.41) is 10.0. The summed E-state index contributed by atoms with van der Waals surface area (Å²) < 4.78 is 5.20. The summed E-state index contributed by atoms with van der Waals surface area (Å²) in [5.41, 5.74) is -1.26. The normalized spacial score (nSPS) is 19.6. The fourth-order valence-corrected chi connectivity index (χ4v) is 1.81. The van der Waals surface area contributed by atoms with Gasteiger partial charge >= 0.3 is 6.09 Å². The van der Waals surface area contributed by atoms with Gasteiger partial charge in [0.1, 0.15) is 11.2 Å². The van der Waals surface area contributed by atoms with Crippen LogP contribution in [-0.2, 0) is 4.74 Å². The highest BCUT2D eigenvalue weighted by atomic mass is 16.6. The zero-order valence-corrected chi connectivity index (χ0v) is 10.8. The van der Waals surface area contributed by atoms with Gasteiger partial charge in [0.15, 0.2) is 0 Å². The maximum absolute atomic E-state index is 11.6. The highest BCUT2D eigenvalue weighted by Gasteiger charge is 2.45. The van der Waals surface area contributed by atoms with Gasteiger partial charge < -0.3 is 19.6 Å². The fourth-order valence-electron chi connectivity index (χ4n) is 1.81. The van der Waals surface area contributed by atoms with Gasteiger partial charge in [0.2, 0.25) is 0 Å². The van der Waals surface area contributed by atoms with E-state index in [1.807, 2.05) is 39.8 Å². The van der Waals surface area contributed by atoms with Crippen LogP contribution in [0, 0.1) is 0 Å². The Morgan fingerprint density at radius 1 is 1.44 bits per heavy atom. The lowest BCUT2D eigenvalue weighted by molar-refractivity contribution is -0.107. The minimum Gasteiger partial charge on any atom is -0.444 e. The van der Waals surface area contributed by atoms with Gasteiger partial charge in [0.05, 0.1) is 13.1 Å². The first-order chi connectivity index (χ1) is 7.11. The van der Waals surface area contributed by atoms with Gasteiger partial charge in [0.25, 0.3) is 0 Å². The number of amides is 1. The van der Waals surface area contributed by atoms with Crippen LogP contribution in [0.25, 0.3) is 0 Å². The molecule has 1 fully saturated rings. The fraction of sp³-hybridized carbons (Fsp3) is 0.909. The number of aliphatic hydroxyl groups is 1. The number of carbonyl (C=O) groups is 1. The van der Waals surface area contributed by atoms with Gasteiger partial charge in [-0.3, -0.25) is 0 Å². The van der Waals surface area contributed by atoms with Crippen LogP contribution in [0.3, 0.4) is 0 Å². The molecule has 1 N–H and O–H groups in total.